The fourth-order valence-corrected chi connectivity index (χ4v) is 11.1. The smallest absolute Gasteiger partial charge is 0.220 e. The van der Waals surface area contributed by atoms with E-state index in [4.69, 9.17) is 28.4 Å². The lowest BCUT2D eigenvalue weighted by molar-refractivity contribution is -0.379. The molecular formula is C67H119NO18. The Kier molecular flexibility index (Phi) is 44.5. The molecular weight excluding hydrogens is 1110 g/mol. The van der Waals surface area contributed by atoms with Gasteiger partial charge in [-0.15, -0.1) is 0 Å². The SMILES string of the molecule is CC/C=C\C/C=C\C/C=C\C/C=C\CCCCCCCCCCCCCCC(=O)NC(COC1OC(CO)C(OC2OC(CO)C(OC3OC(CO)C(O)C(O)C3O)C(O)C2O)C(O)C1O)C(O)/C=C/CCCCCCCCCCCCCCCC. The Labute approximate surface area is 515 Å². The van der Waals surface area contributed by atoms with Crippen molar-refractivity contribution in [3.63, 3.8) is 0 Å². The first-order valence-electron chi connectivity index (χ1n) is 33.5. The van der Waals surface area contributed by atoms with Crippen molar-refractivity contribution in [2.24, 2.45) is 0 Å². The van der Waals surface area contributed by atoms with E-state index in [1.165, 1.54) is 122 Å². The van der Waals surface area contributed by atoms with Crippen LogP contribution in [0.3, 0.4) is 0 Å². The first kappa shape index (κ1) is 77.7. The molecule has 86 heavy (non-hydrogen) atoms. The monoisotopic (exact) mass is 1230 g/mol. The third kappa shape index (κ3) is 31.5. The van der Waals surface area contributed by atoms with Crippen LogP contribution in [0.2, 0.25) is 0 Å². The highest BCUT2D eigenvalue weighted by molar-refractivity contribution is 5.76. The largest absolute Gasteiger partial charge is 0.394 e. The third-order valence-electron chi connectivity index (χ3n) is 16.6. The minimum absolute atomic E-state index is 0.239. The molecule has 12 N–H and O–H groups in total. The highest BCUT2D eigenvalue weighted by Gasteiger charge is 2.53. The first-order chi connectivity index (χ1) is 41.8. The molecule has 0 aromatic carbocycles. The molecule has 0 radical (unpaired) electrons. The van der Waals surface area contributed by atoms with E-state index < -0.39 is 124 Å². The van der Waals surface area contributed by atoms with Gasteiger partial charge in [-0.25, -0.2) is 0 Å². The predicted molar refractivity (Wildman–Crippen MR) is 332 cm³/mol. The molecule has 3 aliphatic heterocycles. The van der Waals surface area contributed by atoms with Gasteiger partial charge >= 0.3 is 0 Å². The van der Waals surface area contributed by atoms with Gasteiger partial charge in [0.1, 0.15) is 73.2 Å². The van der Waals surface area contributed by atoms with Crippen molar-refractivity contribution < 1.29 is 89.4 Å². The zero-order valence-electron chi connectivity index (χ0n) is 52.5. The molecule has 0 saturated carbocycles. The zero-order chi connectivity index (χ0) is 62.6. The summed E-state index contributed by atoms with van der Waals surface area (Å²) in [6.07, 6.45) is 31.9. The molecule has 3 aliphatic rings. The highest BCUT2D eigenvalue weighted by atomic mass is 16.8. The normalized spacial score (nSPS) is 29.2. The van der Waals surface area contributed by atoms with Crippen LogP contribution < -0.4 is 5.32 Å². The average Bonchev–Trinajstić information content (AvgIpc) is 3.70. The van der Waals surface area contributed by atoms with Crippen molar-refractivity contribution in [3.8, 4) is 0 Å². The van der Waals surface area contributed by atoms with Crippen LogP contribution in [0.5, 0.6) is 0 Å². The van der Waals surface area contributed by atoms with Crippen molar-refractivity contribution in [3.05, 3.63) is 60.8 Å². The van der Waals surface area contributed by atoms with Crippen LogP contribution in [0, 0.1) is 0 Å². The van der Waals surface area contributed by atoms with Crippen molar-refractivity contribution in [2.75, 3.05) is 26.4 Å². The molecule has 500 valence electrons. The van der Waals surface area contributed by atoms with E-state index in [2.05, 4.69) is 67.8 Å². The number of aliphatic hydroxyl groups excluding tert-OH is 11. The second kappa shape index (κ2) is 49.2. The Hall–Kier alpha value is -2.51. The fourth-order valence-electron chi connectivity index (χ4n) is 11.1. The number of rotatable bonds is 50. The van der Waals surface area contributed by atoms with Gasteiger partial charge in [-0.05, 0) is 57.8 Å². The number of aliphatic hydroxyl groups is 11. The van der Waals surface area contributed by atoms with Crippen LogP contribution in [0.25, 0.3) is 0 Å². The van der Waals surface area contributed by atoms with E-state index in [-0.39, 0.29) is 18.9 Å². The van der Waals surface area contributed by atoms with Gasteiger partial charge in [0.15, 0.2) is 18.9 Å². The molecule has 0 aliphatic carbocycles. The fraction of sp³-hybridized carbons (Fsp3) is 0.836. The summed E-state index contributed by atoms with van der Waals surface area (Å²) >= 11 is 0. The van der Waals surface area contributed by atoms with Crippen LogP contribution in [-0.4, -0.2) is 193 Å². The number of unbranched alkanes of at least 4 members (excludes halogenated alkanes) is 26. The summed E-state index contributed by atoms with van der Waals surface area (Å²) in [6.45, 7) is 1.62. The minimum atomic E-state index is -1.98. The molecule has 19 heteroatoms. The summed E-state index contributed by atoms with van der Waals surface area (Å²) in [5, 5.41) is 120. The molecule has 3 heterocycles. The summed E-state index contributed by atoms with van der Waals surface area (Å²) in [6, 6.07) is -0.976. The lowest BCUT2D eigenvalue weighted by atomic mass is 9.96. The van der Waals surface area contributed by atoms with Gasteiger partial charge in [-0.2, -0.15) is 0 Å². The van der Waals surface area contributed by atoms with Crippen LogP contribution in [-0.2, 0) is 33.2 Å². The van der Waals surface area contributed by atoms with Crippen LogP contribution >= 0.6 is 0 Å². The number of nitrogens with one attached hydrogen (secondary N) is 1. The number of amides is 1. The standard InChI is InChI=1S/C67H119NO18/c1-3-5-7-9-11-13-15-17-19-21-22-23-24-25-26-27-28-29-31-33-35-37-39-41-43-45-55(73)68-50(51(72)44-42-40-38-36-34-32-30-20-18-16-14-12-10-8-6-4-2)49-81-65-61(79)58(76)63(53(47-70)83-65)86-67-62(80)59(77)64(54(48-71)84-67)85-66-60(78)57(75)56(74)52(46-69)82-66/h5,7,11,13,17,19,22-23,42,44,50-54,56-67,69-72,74-80H,3-4,6,8-10,12,14-16,18,20-21,24-41,43,45-49H2,1-2H3,(H,68,73)/b7-5-,13-11-,19-17-,23-22-,44-42+. The third-order valence-corrected chi connectivity index (χ3v) is 16.6. The van der Waals surface area contributed by atoms with Gasteiger partial charge in [-0.3, -0.25) is 4.79 Å². The lowest BCUT2D eigenvalue weighted by Crippen LogP contribution is -2.66. The van der Waals surface area contributed by atoms with Gasteiger partial charge in [0.05, 0.1) is 38.6 Å². The molecule has 3 fully saturated rings. The second-order valence-electron chi connectivity index (χ2n) is 23.9. The number of hydrogen-bond acceptors (Lipinski definition) is 18. The molecule has 0 bridgehead atoms. The molecule has 3 rings (SSSR count). The van der Waals surface area contributed by atoms with E-state index in [0.717, 1.165) is 77.0 Å². The van der Waals surface area contributed by atoms with Crippen molar-refractivity contribution in [1.29, 1.82) is 0 Å². The van der Waals surface area contributed by atoms with Gasteiger partial charge in [0.25, 0.3) is 0 Å². The molecule has 17 unspecified atom stereocenters. The Morgan fingerprint density at radius 1 is 0.430 bits per heavy atom. The number of carbonyl (C=O) groups excluding carboxylic acids is 1. The minimum Gasteiger partial charge on any atom is -0.394 e. The van der Waals surface area contributed by atoms with E-state index in [9.17, 15) is 61.0 Å². The van der Waals surface area contributed by atoms with Crippen molar-refractivity contribution in [1.82, 2.24) is 5.32 Å². The van der Waals surface area contributed by atoms with E-state index in [1.807, 2.05) is 6.08 Å². The Morgan fingerprint density at radius 2 is 0.802 bits per heavy atom. The Bertz CT molecular complexity index is 1800. The van der Waals surface area contributed by atoms with Gasteiger partial charge in [0, 0.05) is 6.42 Å². The van der Waals surface area contributed by atoms with Gasteiger partial charge < -0.3 is 89.9 Å². The van der Waals surface area contributed by atoms with E-state index >= 15 is 0 Å². The number of ether oxygens (including phenoxy) is 6. The summed E-state index contributed by atoms with van der Waals surface area (Å²) in [5.74, 6) is -0.279. The van der Waals surface area contributed by atoms with Crippen LogP contribution in [0.1, 0.15) is 226 Å². The van der Waals surface area contributed by atoms with Crippen LogP contribution in [0.4, 0.5) is 0 Å². The molecule has 17 atom stereocenters. The molecule has 3 saturated heterocycles. The molecule has 0 aromatic rings. The number of allylic oxidation sites excluding steroid dienone is 9. The van der Waals surface area contributed by atoms with Gasteiger partial charge in [0.2, 0.25) is 5.91 Å². The van der Waals surface area contributed by atoms with E-state index in [0.29, 0.717) is 6.42 Å². The number of carbonyl (C=O) groups is 1. The summed E-state index contributed by atoms with van der Waals surface area (Å²) in [5.41, 5.74) is 0. The molecule has 0 aromatic heterocycles. The topological polar surface area (TPSA) is 307 Å². The van der Waals surface area contributed by atoms with Crippen LogP contribution in [0.15, 0.2) is 60.8 Å². The van der Waals surface area contributed by atoms with Gasteiger partial charge in [-0.1, -0.05) is 222 Å². The van der Waals surface area contributed by atoms with Crippen molar-refractivity contribution >= 4 is 5.91 Å². The highest BCUT2D eigenvalue weighted by Crippen LogP contribution is 2.33. The molecule has 0 spiro atoms. The van der Waals surface area contributed by atoms with E-state index in [1.54, 1.807) is 6.08 Å². The molecule has 1 amide bonds. The molecule has 19 nitrogen and oxygen atoms in total. The zero-order valence-corrected chi connectivity index (χ0v) is 52.5. The average molecular weight is 1230 g/mol. The second-order valence-corrected chi connectivity index (χ2v) is 23.9. The maximum Gasteiger partial charge on any atom is 0.220 e. The Morgan fingerprint density at radius 3 is 1.26 bits per heavy atom. The predicted octanol–water partition coefficient (Wildman–Crippen LogP) is 7.99. The first-order valence-corrected chi connectivity index (χ1v) is 33.5. The number of hydrogen-bond donors (Lipinski definition) is 12. The lowest BCUT2D eigenvalue weighted by Gasteiger charge is -2.48. The summed E-state index contributed by atoms with van der Waals surface area (Å²) < 4.78 is 34.3. The maximum atomic E-state index is 13.4. The quantitative estimate of drug-likeness (QED) is 0.0203. The summed E-state index contributed by atoms with van der Waals surface area (Å²) in [4.78, 5) is 13.4. The Balaban J connectivity index is 1.44. The maximum absolute atomic E-state index is 13.4. The van der Waals surface area contributed by atoms with Crippen molar-refractivity contribution in [2.45, 2.75) is 330 Å². The summed E-state index contributed by atoms with van der Waals surface area (Å²) in [7, 11) is 0.